The minimum atomic E-state index is 0.407. The van der Waals surface area contributed by atoms with Crippen molar-refractivity contribution in [3.8, 4) is 0 Å². The van der Waals surface area contributed by atoms with Gasteiger partial charge in [0.15, 0.2) is 0 Å². The van der Waals surface area contributed by atoms with E-state index in [4.69, 9.17) is 11.6 Å². The molecule has 22 heavy (non-hydrogen) atoms. The van der Waals surface area contributed by atoms with Gasteiger partial charge in [-0.05, 0) is 12.1 Å². The van der Waals surface area contributed by atoms with Gasteiger partial charge in [-0.3, -0.25) is 0 Å². The summed E-state index contributed by atoms with van der Waals surface area (Å²) in [6.45, 7) is 4.98. The Morgan fingerprint density at radius 3 is 2.23 bits per heavy atom. The van der Waals surface area contributed by atoms with Gasteiger partial charge >= 0.3 is 0 Å². The average molecular weight is 317 g/mol. The van der Waals surface area contributed by atoms with Crippen LogP contribution in [0.5, 0.6) is 0 Å². The smallest absolute Gasteiger partial charge is 0.139 e. The predicted octanol–water partition coefficient (Wildman–Crippen LogP) is 1.23. The van der Waals surface area contributed by atoms with Gasteiger partial charge in [0.05, 0.1) is 20.1 Å². The summed E-state index contributed by atoms with van der Waals surface area (Å²) < 4.78 is 0. The summed E-state index contributed by atoms with van der Waals surface area (Å²) >= 11 is 6.08. The Kier molecular flexibility index (Phi) is 5.14. The van der Waals surface area contributed by atoms with E-state index in [2.05, 4.69) is 49.5 Å². The van der Waals surface area contributed by atoms with Crippen LogP contribution in [-0.2, 0) is 0 Å². The number of hydrogen-bond donors (Lipinski definition) is 2. The maximum atomic E-state index is 6.08. The normalized spacial score (nSPS) is 23.7. The minimum Gasteiger partial charge on any atom is -0.333 e. The van der Waals surface area contributed by atoms with Gasteiger partial charge in [-0.25, -0.2) is 0 Å². The van der Waals surface area contributed by atoms with Crippen molar-refractivity contribution in [3.63, 3.8) is 0 Å². The van der Waals surface area contributed by atoms with Gasteiger partial charge in [0.2, 0.25) is 0 Å². The Labute approximate surface area is 138 Å². The molecule has 0 amide bonds. The molecule has 1 aliphatic rings. The van der Waals surface area contributed by atoms with Gasteiger partial charge in [-0.15, -0.1) is 0 Å². The second-order valence-electron chi connectivity index (χ2n) is 6.36. The Morgan fingerprint density at radius 2 is 1.50 bits per heavy atom. The van der Waals surface area contributed by atoms with Crippen LogP contribution in [0.1, 0.15) is 23.6 Å². The molecule has 116 valence electrons. The summed E-state index contributed by atoms with van der Waals surface area (Å²) in [5, 5.41) is 0.811. The molecule has 1 fully saturated rings. The van der Waals surface area contributed by atoms with Gasteiger partial charge < -0.3 is 9.80 Å². The molecule has 0 radical (unpaired) electrons. The molecular formula is C19H25ClN2+2. The van der Waals surface area contributed by atoms with Crippen molar-refractivity contribution < 1.29 is 9.80 Å². The summed E-state index contributed by atoms with van der Waals surface area (Å²) in [6, 6.07) is 19.7. The van der Waals surface area contributed by atoms with Crippen LogP contribution in [0, 0.1) is 0 Å². The summed E-state index contributed by atoms with van der Waals surface area (Å²) in [7, 11) is 2.31. The largest absolute Gasteiger partial charge is 0.333 e. The van der Waals surface area contributed by atoms with Crippen LogP contribution in [0.25, 0.3) is 0 Å². The lowest BCUT2D eigenvalue weighted by Crippen LogP contribution is -3.16. The number of likely N-dealkylation sites (N-methyl/N-ethyl adjacent to an activating group) is 1. The van der Waals surface area contributed by atoms with Crippen molar-refractivity contribution in [1.82, 2.24) is 0 Å². The fourth-order valence-corrected chi connectivity index (χ4v) is 3.62. The first-order chi connectivity index (χ1) is 10.7. The molecule has 0 spiro atoms. The molecule has 0 aliphatic carbocycles. The van der Waals surface area contributed by atoms with Crippen LogP contribution in [-0.4, -0.2) is 33.2 Å². The van der Waals surface area contributed by atoms with Crippen molar-refractivity contribution in [2.45, 2.75) is 12.5 Å². The van der Waals surface area contributed by atoms with Gasteiger partial charge in [-0.1, -0.05) is 54.1 Å². The lowest BCUT2D eigenvalue weighted by molar-refractivity contribution is -0.947. The van der Waals surface area contributed by atoms with E-state index in [0.717, 1.165) is 5.02 Å². The molecule has 1 saturated heterocycles. The third kappa shape index (κ3) is 3.70. The summed E-state index contributed by atoms with van der Waals surface area (Å²) in [5.41, 5.74) is 2.77. The van der Waals surface area contributed by atoms with E-state index in [1.54, 1.807) is 9.80 Å². The number of nitrogens with one attached hydrogen (secondary N) is 2. The van der Waals surface area contributed by atoms with Gasteiger partial charge in [0.1, 0.15) is 19.1 Å². The number of benzene rings is 2. The Bertz CT molecular complexity index is 582. The molecular weight excluding hydrogens is 292 g/mol. The van der Waals surface area contributed by atoms with E-state index in [-0.39, 0.29) is 0 Å². The molecule has 2 aromatic rings. The molecule has 0 bridgehead atoms. The molecule has 1 aliphatic heterocycles. The number of hydrogen-bond acceptors (Lipinski definition) is 0. The van der Waals surface area contributed by atoms with Crippen LogP contribution in [0.15, 0.2) is 54.6 Å². The van der Waals surface area contributed by atoms with Crippen LogP contribution in [0.3, 0.4) is 0 Å². The first-order valence-electron chi connectivity index (χ1n) is 8.20. The minimum absolute atomic E-state index is 0.407. The molecule has 0 aromatic heterocycles. The maximum Gasteiger partial charge on any atom is 0.139 e. The van der Waals surface area contributed by atoms with Gasteiger partial charge in [0.25, 0.3) is 0 Å². The summed E-state index contributed by atoms with van der Waals surface area (Å²) in [6.07, 6.45) is 1.29. The number of rotatable bonds is 3. The monoisotopic (exact) mass is 316 g/mol. The van der Waals surface area contributed by atoms with Crippen LogP contribution in [0.4, 0.5) is 0 Å². The molecule has 2 unspecified atom stereocenters. The molecule has 3 rings (SSSR count). The molecule has 1 heterocycles. The SMILES string of the molecule is C[NH+]1CCC[NH+]([C@H](c2ccccc2)c2ccc(Cl)cc2)CC1. The third-order valence-electron chi connectivity index (χ3n) is 4.72. The van der Waals surface area contributed by atoms with Crippen molar-refractivity contribution in [3.05, 3.63) is 70.7 Å². The molecule has 0 saturated carbocycles. The molecule has 3 atom stereocenters. The highest BCUT2D eigenvalue weighted by Gasteiger charge is 2.28. The summed E-state index contributed by atoms with van der Waals surface area (Å²) in [5.74, 6) is 0. The zero-order valence-corrected chi connectivity index (χ0v) is 13.9. The van der Waals surface area contributed by atoms with Gasteiger partial charge in [-0.2, -0.15) is 0 Å². The van der Waals surface area contributed by atoms with E-state index in [9.17, 15) is 0 Å². The molecule has 2 aromatic carbocycles. The zero-order chi connectivity index (χ0) is 15.4. The quantitative estimate of drug-likeness (QED) is 0.843. The highest BCUT2D eigenvalue weighted by Crippen LogP contribution is 2.21. The second kappa shape index (κ2) is 7.28. The van der Waals surface area contributed by atoms with Crippen LogP contribution >= 0.6 is 11.6 Å². The molecule has 2 nitrogen and oxygen atoms in total. The van der Waals surface area contributed by atoms with E-state index in [1.165, 1.54) is 43.7 Å². The Morgan fingerprint density at radius 1 is 0.818 bits per heavy atom. The van der Waals surface area contributed by atoms with Crippen LogP contribution < -0.4 is 9.80 Å². The molecule has 2 N–H and O–H groups in total. The zero-order valence-electron chi connectivity index (χ0n) is 13.2. The van der Waals surface area contributed by atoms with Crippen molar-refractivity contribution >= 4 is 11.6 Å². The predicted molar refractivity (Wildman–Crippen MR) is 91.7 cm³/mol. The Hall–Kier alpha value is -1.35. The number of quaternary nitrogens is 2. The fraction of sp³-hybridized carbons (Fsp3) is 0.368. The maximum absolute atomic E-state index is 6.08. The van der Waals surface area contributed by atoms with E-state index < -0.39 is 0 Å². The Balaban J connectivity index is 1.94. The number of halogens is 1. The van der Waals surface area contributed by atoms with Gasteiger partial charge in [0, 0.05) is 22.6 Å². The first-order valence-corrected chi connectivity index (χ1v) is 8.58. The highest BCUT2D eigenvalue weighted by atomic mass is 35.5. The highest BCUT2D eigenvalue weighted by molar-refractivity contribution is 6.30. The summed E-state index contributed by atoms with van der Waals surface area (Å²) in [4.78, 5) is 3.32. The van der Waals surface area contributed by atoms with Crippen molar-refractivity contribution in [2.75, 3.05) is 33.2 Å². The standard InChI is InChI=1S/C19H23ClN2/c1-21-12-5-13-22(15-14-21)19(16-6-3-2-4-7-16)17-8-10-18(20)11-9-17/h2-4,6-11,19H,5,12-15H2,1H3/p+2/t19-/m1/s1. The third-order valence-corrected chi connectivity index (χ3v) is 4.97. The second-order valence-corrected chi connectivity index (χ2v) is 6.80. The fourth-order valence-electron chi connectivity index (χ4n) is 3.49. The van der Waals surface area contributed by atoms with Crippen molar-refractivity contribution in [1.29, 1.82) is 0 Å². The topological polar surface area (TPSA) is 8.88 Å². The van der Waals surface area contributed by atoms with E-state index in [1.807, 2.05) is 12.1 Å². The first kappa shape index (κ1) is 15.5. The molecule has 3 heteroatoms. The van der Waals surface area contributed by atoms with E-state index >= 15 is 0 Å². The van der Waals surface area contributed by atoms with E-state index in [0.29, 0.717) is 6.04 Å². The lowest BCUT2D eigenvalue weighted by Gasteiger charge is -2.27. The average Bonchev–Trinajstić information content (AvgIpc) is 2.76. The van der Waals surface area contributed by atoms with Crippen LogP contribution in [0.2, 0.25) is 5.02 Å². The lowest BCUT2D eigenvalue weighted by atomic mass is 9.97. The van der Waals surface area contributed by atoms with Crippen molar-refractivity contribution in [2.24, 2.45) is 0 Å².